The van der Waals surface area contributed by atoms with Gasteiger partial charge in [-0.1, -0.05) is 12.1 Å². The number of hydrogen-bond acceptors (Lipinski definition) is 5. The monoisotopic (exact) mass is 283 g/mol. The predicted molar refractivity (Wildman–Crippen MR) is 77.9 cm³/mol. The van der Waals surface area contributed by atoms with Crippen molar-refractivity contribution in [2.45, 2.75) is 19.6 Å². The van der Waals surface area contributed by atoms with Crippen LogP contribution in [0.4, 0.5) is 0 Å². The second kappa shape index (κ2) is 10.6. The Morgan fingerprint density at radius 1 is 1.00 bits per heavy atom. The molecule has 0 unspecified atom stereocenters. The van der Waals surface area contributed by atoms with E-state index in [2.05, 4.69) is 0 Å². The summed E-state index contributed by atoms with van der Waals surface area (Å²) in [5.41, 5.74) is 7.72. The van der Waals surface area contributed by atoms with Gasteiger partial charge in [-0.2, -0.15) is 0 Å². The van der Waals surface area contributed by atoms with Crippen LogP contribution in [-0.2, 0) is 27.4 Å². The summed E-state index contributed by atoms with van der Waals surface area (Å²) >= 11 is 0. The average molecular weight is 283 g/mol. The normalized spacial score (nSPS) is 10.8. The highest BCUT2D eigenvalue weighted by atomic mass is 16.5. The molecule has 0 bridgehead atoms. The number of ether oxygens (including phenoxy) is 4. The van der Waals surface area contributed by atoms with E-state index in [1.807, 2.05) is 18.2 Å². The number of nitrogens with two attached hydrogens (primary N) is 1. The first-order valence-corrected chi connectivity index (χ1v) is 6.82. The fourth-order valence-electron chi connectivity index (χ4n) is 1.74. The first-order valence-electron chi connectivity index (χ1n) is 6.82. The molecule has 0 aliphatic rings. The maximum absolute atomic E-state index is 5.63. The standard InChI is InChI=1S/C15H25NO4/c1-17-8-9-19-6-3-7-20-12-13-4-5-14(11-16)15(10-13)18-2/h4-5,10H,3,6-9,11-12,16H2,1-2H3. The Kier molecular flexibility index (Phi) is 8.98. The van der Waals surface area contributed by atoms with Crippen molar-refractivity contribution in [3.05, 3.63) is 29.3 Å². The van der Waals surface area contributed by atoms with Crippen molar-refractivity contribution in [2.24, 2.45) is 5.73 Å². The largest absolute Gasteiger partial charge is 0.496 e. The van der Waals surface area contributed by atoms with Crippen LogP contribution >= 0.6 is 0 Å². The summed E-state index contributed by atoms with van der Waals surface area (Å²) in [4.78, 5) is 0. The van der Waals surface area contributed by atoms with Crippen molar-refractivity contribution in [3.8, 4) is 5.75 Å². The summed E-state index contributed by atoms with van der Waals surface area (Å²) < 4.78 is 21.1. The van der Waals surface area contributed by atoms with Crippen LogP contribution in [0, 0.1) is 0 Å². The molecule has 1 aromatic carbocycles. The van der Waals surface area contributed by atoms with Crippen molar-refractivity contribution in [1.82, 2.24) is 0 Å². The van der Waals surface area contributed by atoms with Gasteiger partial charge in [0.05, 0.1) is 26.9 Å². The number of hydrogen-bond donors (Lipinski definition) is 1. The van der Waals surface area contributed by atoms with Gasteiger partial charge in [-0.05, 0) is 18.1 Å². The molecule has 0 radical (unpaired) electrons. The average Bonchev–Trinajstić information content (AvgIpc) is 2.49. The molecule has 1 rings (SSSR count). The Morgan fingerprint density at radius 3 is 2.50 bits per heavy atom. The Hall–Kier alpha value is -1.14. The molecule has 2 N–H and O–H groups in total. The van der Waals surface area contributed by atoms with Gasteiger partial charge in [-0.25, -0.2) is 0 Å². The topological polar surface area (TPSA) is 62.9 Å². The van der Waals surface area contributed by atoms with Crippen molar-refractivity contribution in [1.29, 1.82) is 0 Å². The van der Waals surface area contributed by atoms with Crippen LogP contribution in [0.25, 0.3) is 0 Å². The van der Waals surface area contributed by atoms with E-state index in [0.29, 0.717) is 39.6 Å². The minimum Gasteiger partial charge on any atom is -0.496 e. The molecule has 20 heavy (non-hydrogen) atoms. The molecule has 0 spiro atoms. The lowest BCUT2D eigenvalue weighted by Gasteiger charge is -2.10. The fourth-order valence-corrected chi connectivity index (χ4v) is 1.74. The second-order valence-corrected chi connectivity index (χ2v) is 4.36. The van der Waals surface area contributed by atoms with Crippen molar-refractivity contribution in [3.63, 3.8) is 0 Å². The summed E-state index contributed by atoms with van der Waals surface area (Å²) in [6.07, 6.45) is 0.877. The Bertz CT molecular complexity index is 371. The fraction of sp³-hybridized carbons (Fsp3) is 0.600. The summed E-state index contributed by atoms with van der Waals surface area (Å²) in [5.74, 6) is 0.816. The van der Waals surface area contributed by atoms with E-state index >= 15 is 0 Å². The number of rotatable bonds is 11. The van der Waals surface area contributed by atoms with Crippen molar-refractivity contribution in [2.75, 3.05) is 40.6 Å². The highest BCUT2D eigenvalue weighted by Gasteiger charge is 2.03. The van der Waals surface area contributed by atoms with Gasteiger partial charge >= 0.3 is 0 Å². The zero-order valence-electron chi connectivity index (χ0n) is 12.4. The molecule has 1 aromatic rings. The lowest BCUT2D eigenvalue weighted by Crippen LogP contribution is -2.06. The van der Waals surface area contributed by atoms with Crippen LogP contribution < -0.4 is 10.5 Å². The molecule has 0 atom stereocenters. The lowest BCUT2D eigenvalue weighted by atomic mass is 10.1. The molecular formula is C15H25NO4. The molecule has 0 saturated carbocycles. The maximum atomic E-state index is 5.63. The molecule has 0 heterocycles. The SMILES string of the molecule is COCCOCCCOCc1ccc(CN)c(OC)c1. The molecular weight excluding hydrogens is 258 g/mol. The van der Waals surface area contributed by atoms with Gasteiger partial charge in [-0.3, -0.25) is 0 Å². The zero-order valence-corrected chi connectivity index (χ0v) is 12.4. The minimum absolute atomic E-state index is 0.475. The predicted octanol–water partition coefficient (Wildman–Crippen LogP) is 1.72. The molecule has 114 valence electrons. The summed E-state index contributed by atoms with van der Waals surface area (Å²) in [6, 6.07) is 5.96. The smallest absolute Gasteiger partial charge is 0.123 e. The molecule has 0 aliphatic heterocycles. The minimum atomic E-state index is 0.475. The highest BCUT2D eigenvalue weighted by Crippen LogP contribution is 2.20. The van der Waals surface area contributed by atoms with Gasteiger partial charge in [0.2, 0.25) is 0 Å². The van der Waals surface area contributed by atoms with Gasteiger partial charge in [0.15, 0.2) is 0 Å². The van der Waals surface area contributed by atoms with Crippen LogP contribution in [0.2, 0.25) is 0 Å². The Balaban J connectivity index is 2.18. The third kappa shape index (κ3) is 6.34. The molecule has 5 nitrogen and oxygen atoms in total. The van der Waals surface area contributed by atoms with Crippen LogP contribution in [0.1, 0.15) is 17.5 Å². The molecule has 0 saturated heterocycles. The molecule has 5 heteroatoms. The van der Waals surface area contributed by atoms with Crippen LogP contribution in [-0.4, -0.2) is 40.6 Å². The zero-order chi connectivity index (χ0) is 14.6. The summed E-state index contributed by atoms with van der Waals surface area (Å²) in [5, 5.41) is 0. The second-order valence-electron chi connectivity index (χ2n) is 4.36. The third-order valence-corrected chi connectivity index (χ3v) is 2.85. The van der Waals surface area contributed by atoms with Crippen LogP contribution in [0.15, 0.2) is 18.2 Å². The lowest BCUT2D eigenvalue weighted by molar-refractivity contribution is 0.0483. The summed E-state index contributed by atoms with van der Waals surface area (Å²) in [7, 11) is 3.31. The summed E-state index contributed by atoms with van der Waals surface area (Å²) in [6.45, 7) is 3.68. The van der Waals surface area contributed by atoms with Gasteiger partial charge < -0.3 is 24.7 Å². The molecule has 0 amide bonds. The van der Waals surface area contributed by atoms with E-state index in [9.17, 15) is 0 Å². The van der Waals surface area contributed by atoms with Crippen molar-refractivity contribution >= 4 is 0 Å². The van der Waals surface area contributed by atoms with Crippen molar-refractivity contribution < 1.29 is 18.9 Å². The first kappa shape index (κ1) is 16.9. The van der Waals surface area contributed by atoms with E-state index < -0.39 is 0 Å². The quantitative estimate of drug-likeness (QED) is 0.627. The van der Waals surface area contributed by atoms with Gasteiger partial charge in [-0.15, -0.1) is 0 Å². The van der Waals surface area contributed by atoms with Gasteiger partial charge in [0.1, 0.15) is 5.75 Å². The highest BCUT2D eigenvalue weighted by molar-refractivity contribution is 5.37. The number of benzene rings is 1. The maximum Gasteiger partial charge on any atom is 0.123 e. The van der Waals surface area contributed by atoms with Gasteiger partial charge in [0, 0.05) is 32.4 Å². The third-order valence-electron chi connectivity index (χ3n) is 2.85. The van der Waals surface area contributed by atoms with Crippen LogP contribution in [0.3, 0.4) is 0 Å². The van der Waals surface area contributed by atoms with E-state index in [4.69, 9.17) is 24.7 Å². The number of methoxy groups -OCH3 is 2. The van der Waals surface area contributed by atoms with Crippen LogP contribution in [0.5, 0.6) is 5.75 Å². The van der Waals surface area contributed by atoms with E-state index in [1.165, 1.54) is 0 Å². The molecule has 0 aliphatic carbocycles. The van der Waals surface area contributed by atoms with E-state index in [-0.39, 0.29) is 0 Å². The molecule has 0 aromatic heterocycles. The Morgan fingerprint density at radius 2 is 1.80 bits per heavy atom. The Labute approximate surface area is 121 Å². The van der Waals surface area contributed by atoms with E-state index in [0.717, 1.165) is 23.3 Å². The molecule has 0 fully saturated rings. The van der Waals surface area contributed by atoms with E-state index in [1.54, 1.807) is 14.2 Å². The first-order chi connectivity index (χ1) is 9.81. The van der Waals surface area contributed by atoms with Gasteiger partial charge in [0.25, 0.3) is 0 Å².